The van der Waals surface area contributed by atoms with Crippen LogP contribution >= 0.6 is 0 Å². The molecule has 2 aliphatic heterocycles. The van der Waals surface area contributed by atoms with Crippen LogP contribution in [0.3, 0.4) is 0 Å². The van der Waals surface area contributed by atoms with Gasteiger partial charge in [-0.2, -0.15) is 0 Å². The molecule has 1 saturated heterocycles. The molecule has 34 heavy (non-hydrogen) atoms. The summed E-state index contributed by atoms with van der Waals surface area (Å²) in [4.78, 5) is 11.8. The number of aliphatic hydroxyl groups is 1. The van der Waals surface area contributed by atoms with Crippen molar-refractivity contribution < 1.29 is 33.3 Å². The highest BCUT2D eigenvalue weighted by molar-refractivity contribution is 5.89. The van der Waals surface area contributed by atoms with Crippen molar-refractivity contribution >= 4 is 5.97 Å². The number of para-hydroxylation sites is 2. The number of ether oxygens (including phenoxy) is 4. The van der Waals surface area contributed by atoms with Gasteiger partial charge in [0.05, 0.1) is 39.0 Å². The summed E-state index contributed by atoms with van der Waals surface area (Å²) >= 11 is 0. The zero-order valence-electron chi connectivity index (χ0n) is 20.0. The van der Waals surface area contributed by atoms with Gasteiger partial charge in [0.1, 0.15) is 25.8 Å². The lowest BCUT2D eigenvalue weighted by Crippen LogP contribution is -2.53. The number of quaternary nitrogens is 1. The van der Waals surface area contributed by atoms with E-state index in [9.17, 15) is 9.90 Å². The Morgan fingerprint density at radius 3 is 2.47 bits per heavy atom. The number of hydrogen-bond donors (Lipinski definition) is 1. The van der Waals surface area contributed by atoms with E-state index in [2.05, 4.69) is 0 Å². The summed E-state index contributed by atoms with van der Waals surface area (Å²) in [5, 5.41) is 10.9. The summed E-state index contributed by atoms with van der Waals surface area (Å²) in [6.07, 6.45) is 4.02. The van der Waals surface area contributed by atoms with Gasteiger partial charge in [0.2, 0.25) is 0 Å². The van der Waals surface area contributed by atoms with E-state index in [0.29, 0.717) is 25.3 Å². The third-order valence-electron chi connectivity index (χ3n) is 6.69. The van der Waals surface area contributed by atoms with Gasteiger partial charge in [0.25, 0.3) is 0 Å². The van der Waals surface area contributed by atoms with E-state index in [4.69, 9.17) is 18.9 Å². The van der Waals surface area contributed by atoms with Crippen LogP contribution in [0.2, 0.25) is 0 Å². The van der Waals surface area contributed by atoms with Crippen LogP contribution in [-0.4, -0.2) is 74.3 Å². The van der Waals surface area contributed by atoms with Crippen LogP contribution in [0.1, 0.15) is 41.6 Å². The zero-order valence-corrected chi connectivity index (χ0v) is 20.0. The van der Waals surface area contributed by atoms with Crippen molar-refractivity contribution in [1.82, 2.24) is 0 Å². The van der Waals surface area contributed by atoms with Gasteiger partial charge in [-0.05, 0) is 49.9 Å². The molecule has 0 spiro atoms. The molecule has 2 aromatic rings. The summed E-state index contributed by atoms with van der Waals surface area (Å²) in [5.74, 6) is 1.16. The monoisotopic (exact) mass is 470 g/mol. The predicted octanol–water partition coefficient (Wildman–Crippen LogP) is 3.58. The number of benzene rings is 2. The lowest BCUT2D eigenvalue weighted by molar-refractivity contribution is -0.943. The number of hydrogen-bond acceptors (Lipinski definition) is 6. The molecule has 2 aromatic carbocycles. The summed E-state index contributed by atoms with van der Waals surface area (Å²) in [7, 11) is 1.39. The number of carbonyl (C=O) groups excluding carboxylic acids is 1. The van der Waals surface area contributed by atoms with Gasteiger partial charge in [0.15, 0.2) is 17.6 Å². The molecule has 2 unspecified atom stereocenters. The molecule has 0 aliphatic carbocycles. The fourth-order valence-corrected chi connectivity index (χ4v) is 5.00. The average Bonchev–Trinajstić information content (AvgIpc) is 3.09. The fourth-order valence-electron chi connectivity index (χ4n) is 5.00. The highest BCUT2D eigenvalue weighted by Crippen LogP contribution is 2.31. The van der Waals surface area contributed by atoms with E-state index in [1.807, 2.05) is 48.5 Å². The predicted molar refractivity (Wildman–Crippen MR) is 128 cm³/mol. The van der Waals surface area contributed by atoms with Gasteiger partial charge in [-0.1, -0.05) is 24.3 Å². The van der Waals surface area contributed by atoms with Crippen LogP contribution < -0.4 is 9.47 Å². The van der Waals surface area contributed by atoms with E-state index >= 15 is 0 Å². The maximum absolute atomic E-state index is 11.8. The van der Waals surface area contributed by atoms with Gasteiger partial charge in [-0.15, -0.1) is 0 Å². The SMILES string of the molecule is COC(=O)c1ccc(C[N+]2(CC(O)COCC3COc4ccccc4O3)CCCCCC2)cc1. The minimum atomic E-state index is -0.566. The average molecular weight is 471 g/mol. The molecule has 1 fully saturated rings. The van der Waals surface area contributed by atoms with Crippen LogP contribution in [0, 0.1) is 0 Å². The Bertz CT molecular complexity index is 923. The van der Waals surface area contributed by atoms with Crippen molar-refractivity contribution in [2.45, 2.75) is 44.4 Å². The van der Waals surface area contributed by atoms with Gasteiger partial charge in [0, 0.05) is 5.56 Å². The maximum atomic E-state index is 11.8. The number of esters is 1. The molecule has 7 heteroatoms. The molecule has 0 amide bonds. The lowest BCUT2D eigenvalue weighted by Gasteiger charge is -2.39. The van der Waals surface area contributed by atoms with Gasteiger partial charge in [-0.25, -0.2) is 4.79 Å². The van der Waals surface area contributed by atoms with Crippen LogP contribution in [0.15, 0.2) is 48.5 Å². The molecule has 2 atom stereocenters. The largest absolute Gasteiger partial charge is 0.486 e. The second kappa shape index (κ2) is 11.7. The summed E-state index contributed by atoms with van der Waals surface area (Å²) < 4.78 is 23.2. The molecule has 4 rings (SSSR count). The number of likely N-dealkylation sites (tertiary alicyclic amines) is 1. The molecule has 0 radical (unpaired) electrons. The summed E-state index contributed by atoms with van der Waals surface area (Å²) in [5.41, 5.74) is 1.72. The molecular weight excluding hydrogens is 434 g/mol. The fraction of sp³-hybridized carbons (Fsp3) is 0.519. The van der Waals surface area contributed by atoms with Gasteiger partial charge >= 0.3 is 5.97 Å². The Morgan fingerprint density at radius 2 is 1.76 bits per heavy atom. The second-order valence-electron chi connectivity index (χ2n) is 9.42. The van der Waals surface area contributed by atoms with Crippen molar-refractivity contribution in [2.75, 3.05) is 46.6 Å². The number of carbonyl (C=O) groups is 1. The molecule has 0 bridgehead atoms. The van der Waals surface area contributed by atoms with Crippen molar-refractivity contribution in [3.8, 4) is 11.5 Å². The van der Waals surface area contributed by atoms with Crippen LogP contribution in [0.4, 0.5) is 0 Å². The molecule has 2 heterocycles. The minimum Gasteiger partial charge on any atom is -0.486 e. The molecule has 0 saturated carbocycles. The molecule has 0 aromatic heterocycles. The van der Waals surface area contributed by atoms with Crippen molar-refractivity contribution in [1.29, 1.82) is 0 Å². The maximum Gasteiger partial charge on any atom is 0.337 e. The number of rotatable bonds is 9. The quantitative estimate of drug-likeness (QED) is 0.446. The topological polar surface area (TPSA) is 74.2 Å². The molecule has 184 valence electrons. The van der Waals surface area contributed by atoms with Crippen molar-refractivity contribution in [2.24, 2.45) is 0 Å². The third-order valence-corrected chi connectivity index (χ3v) is 6.69. The molecular formula is C27H36NO6+. The Balaban J connectivity index is 1.32. The van der Waals surface area contributed by atoms with E-state index in [1.54, 1.807) is 0 Å². The summed E-state index contributed by atoms with van der Waals surface area (Å²) in [6.45, 7) is 4.62. The van der Waals surface area contributed by atoms with E-state index in [1.165, 1.54) is 20.0 Å². The third kappa shape index (κ3) is 6.50. The van der Waals surface area contributed by atoms with Crippen molar-refractivity contribution in [3.05, 3.63) is 59.7 Å². The Morgan fingerprint density at radius 1 is 1.06 bits per heavy atom. The summed E-state index contributed by atoms with van der Waals surface area (Å²) in [6, 6.07) is 15.3. The molecule has 7 nitrogen and oxygen atoms in total. The van der Waals surface area contributed by atoms with E-state index in [-0.39, 0.29) is 18.7 Å². The molecule has 2 aliphatic rings. The first-order chi connectivity index (χ1) is 16.6. The second-order valence-corrected chi connectivity index (χ2v) is 9.42. The highest BCUT2D eigenvalue weighted by atomic mass is 16.6. The zero-order chi connectivity index (χ0) is 23.8. The van der Waals surface area contributed by atoms with E-state index < -0.39 is 6.10 Å². The van der Waals surface area contributed by atoms with Crippen LogP contribution in [-0.2, 0) is 16.0 Å². The number of methoxy groups -OCH3 is 1. The first kappa shape index (κ1) is 24.5. The van der Waals surface area contributed by atoms with Crippen molar-refractivity contribution in [3.63, 3.8) is 0 Å². The van der Waals surface area contributed by atoms with Gasteiger partial charge in [-0.3, -0.25) is 0 Å². The Labute approximate surface area is 201 Å². The number of fused-ring (bicyclic) bond motifs is 1. The Hall–Kier alpha value is -2.61. The molecule has 1 N–H and O–H groups in total. The minimum absolute atomic E-state index is 0.184. The Kier molecular flexibility index (Phi) is 8.43. The standard InChI is InChI=1S/C27H36NO6/c1-31-27(30)22-12-10-21(11-13-22)16-28(14-6-2-3-7-15-28)17-23(29)18-32-19-24-20-33-25-8-4-5-9-26(25)34-24/h4-5,8-13,23-24,29H,2-3,6-7,14-20H2,1H3/q+1. The first-order valence-electron chi connectivity index (χ1n) is 12.2. The first-order valence-corrected chi connectivity index (χ1v) is 12.2. The lowest BCUT2D eigenvalue weighted by atomic mass is 10.1. The number of nitrogens with zero attached hydrogens (tertiary/aromatic N) is 1. The van der Waals surface area contributed by atoms with Gasteiger partial charge < -0.3 is 28.5 Å². The van der Waals surface area contributed by atoms with E-state index in [0.717, 1.165) is 54.0 Å². The van der Waals surface area contributed by atoms with Crippen LogP contribution in [0.25, 0.3) is 0 Å². The van der Waals surface area contributed by atoms with Crippen LogP contribution in [0.5, 0.6) is 11.5 Å². The smallest absolute Gasteiger partial charge is 0.337 e. The number of aliphatic hydroxyl groups excluding tert-OH is 1. The highest BCUT2D eigenvalue weighted by Gasteiger charge is 2.32. The normalized spacial score (nSPS) is 20.2.